The van der Waals surface area contributed by atoms with Crippen molar-refractivity contribution in [3.05, 3.63) is 65.2 Å². The first kappa shape index (κ1) is 21.0. The molecule has 1 aliphatic heterocycles. The summed E-state index contributed by atoms with van der Waals surface area (Å²) in [6.07, 6.45) is 0.266. The summed E-state index contributed by atoms with van der Waals surface area (Å²) in [7, 11) is 0. The molecule has 154 valence electrons. The van der Waals surface area contributed by atoms with Crippen LogP contribution < -0.4 is 10.1 Å². The maximum Gasteiger partial charge on any atom is 0.258 e. The second-order valence-electron chi connectivity index (χ2n) is 7.39. The van der Waals surface area contributed by atoms with Crippen LogP contribution in [-0.4, -0.2) is 49.0 Å². The van der Waals surface area contributed by atoms with E-state index in [1.54, 1.807) is 24.3 Å². The summed E-state index contributed by atoms with van der Waals surface area (Å²) in [5.74, 6) is 0.270. The number of carbonyl (C=O) groups excluding carboxylic acids is 2. The van der Waals surface area contributed by atoms with E-state index >= 15 is 0 Å². The Hall–Kier alpha value is -2.70. The van der Waals surface area contributed by atoms with E-state index in [1.165, 1.54) is 12.5 Å². The molecule has 6 heteroatoms. The molecule has 29 heavy (non-hydrogen) atoms. The van der Waals surface area contributed by atoms with E-state index in [0.717, 1.165) is 31.8 Å². The van der Waals surface area contributed by atoms with E-state index in [2.05, 4.69) is 29.3 Å². The predicted molar refractivity (Wildman–Crippen MR) is 111 cm³/mol. The van der Waals surface area contributed by atoms with Crippen molar-refractivity contribution in [2.24, 2.45) is 0 Å². The number of Topliss-reactive ketones (excluding diaryl/α,β-unsaturated/α-hetero) is 1. The summed E-state index contributed by atoms with van der Waals surface area (Å²) in [6, 6.07) is 15.1. The quantitative estimate of drug-likeness (QED) is 0.695. The molecule has 0 bridgehead atoms. The molecule has 0 radical (unpaired) electrons. The van der Waals surface area contributed by atoms with Crippen LogP contribution in [0.15, 0.2) is 48.5 Å². The van der Waals surface area contributed by atoms with Crippen LogP contribution in [0.3, 0.4) is 0 Å². The SMILES string of the molecule is CC(=O)c1cccc(OCC(=O)NCc2cccc(CN3CCOC(C)C3)c2)c1. The molecule has 1 atom stereocenters. The van der Waals surface area contributed by atoms with Crippen molar-refractivity contribution < 1.29 is 19.1 Å². The molecule has 0 aromatic heterocycles. The Kier molecular flexibility index (Phi) is 7.38. The number of nitrogens with zero attached hydrogens (tertiary/aromatic N) is 1. The number of hydrogen-bond acceptors (Lipinski definition) is 5. The van der Waals surface area contributed by atoms with Gasteiger partial charge in [0.05, 0.1) is 12.7 Å². The summed E-state index contributed by atoms with van der Waals surface area (Å²) < 4.78 is 11.1. The molecule has 0 spiro atoms. The molecule has 1 saturated heterocycles. The molecule has 0 aliphatic carbocycles. The number of hydrogen-bond donors (Lipinski definition) is 1. The highest BCUT2D eigenvalue weighted by molar-refractivity contribution is 5.94. The Morgan fingerprint density at radius 2 is 1.97 bits per heavy atom. The molecular weight excluding hydrogens is 368 g/mol. The van der Waals surface area contributed by atoms with Gasteiger partial charge in [-0.1, -0.05) is 36.4 Å². The monoisotopic (exact) mass is 396 g/mol. The molecule has 1 heterocycles. The largest absolute Gasteiger partial charge is 0.484 e. The zero-order chi connectivity index (χ0) is 20.6. The van der Waals surface area contributed by atoms with Gasteiger partial charge in [-0.2, -0.15) is 0 Å². The Morgan fingerprint density at radius 3 is 2.76 bits per heavy atom. The zero-order valence-corrected chi connectivity index (χ0v) is 17.0. The first-order valence-corrected chi connectivity index (χ1v) is 9.92. The highest BCUT2D eigenvalue weighted by Crippen LogP contribution is 2.14. The summed E-state index contributed by atoms with van der Waals surface area (Å²) in [5, 5.41) is 2.88. The first-order chi connectivity index (χ1) is 14.0. The number of benzene rings is 2. The van der Waals surface area contributed by atoms with E-state index in [1.807, 2.05) is 12.1 Å². The number of nitrogens with one attached hydrogen (secondary N) is 1. The van der Waals surface area contributed by atoms with Gasteiger partial charge in [0.2, 0.25) is 0 Å². The average molecular weight is 396 g/mol. The van der Waals surface area contributed by atoms with Crippen molar-refractivity contribution >= 4 is 11.7 Å². The van der Waals surface area contributed by atoms with Crippen molar-refractivity contribution in [2.45, 2.75) is 33.0 Å². The third-order valence-corrected chi connectivity index (χ3v) is 4.82. The molecular formula is C23H28N2O4. The predicted octanol–water partition coefficient (Wildman–Crippen LogP) is 2.81. The van der Waals surface area contributed by atoms with Crippen molar-refractivity contribution in [3.8, 4) is 5.75 Å². The van der Waals surface area contributed by atoms with Crippen LogP contribution in [0.4, 0.5) is 0 Å². The highest BCUT2D eigenvalue weighted by atomic mass is 16.5. The van der Waals surface area contributed by atoms with Crippen LogP contribution in [-0.2, 0) is 22.6 Å². The minimum atomic E-state index is -0.203. The summed E-state index contributed by atoms with van der Waals surface area (Å²) in [5.41, 5.74) is 2.84. The van der Waals surface area contributed by atoms with E-state index in [0.29, 0.717) is 17.9 Å². The number of carbonyl (C=O) groups is 2. The molecule has 1 unspecified atom stereocenters. The Balaban J connectivity index is 1.46. The van der Waals surface area contributed by atoms with Crippen LogP contribution in [0.2, 0.25) is 0 Å². The van der Waals surface area contributed by atoms with Crippen molar-refractivity contribution in [1.29, 1.82) is 0 Å². The average Bonchev–Trinajstić information content (AvgIpc) is 2.71. The number of ether oxygens (including phenoxy) is 2. The lowest BCUT2D eigenvalue weighted by atomic mass is 10.1. The summed E-state index contributed by atoms with van der Waals surface area (Å²) >= 11 is 0. The van der Waals surface area contributed by atoms with Gasteiger partial charge >= 0.3 is 0 Å². The standard InChI is InChI=1S/C23H28N2O4/c1-17-14-25(9-10-28-17)15-20-6-3-5-19(11-20)13-24-23(27)16-29-22-8-4-7-21(12-22)18(2)26/h3-8,11-12,17H,9-10,13-16H2,1-2H3,(H,24,27). The fourth-order valence-corrected chi connectivity index (χ4v) is 3.34. The lowest BCUT2D eigenvalue weighted by Gasteiger charge is -2.31. The highest BCUT2D eigenvalue weighted by Gasteiger charge is 2.16. The van der Waals surface area contributed by atoms with Crippen LogP contribution in [0, 0.1) is 0 Å². The van der Waals surface area contributed by atoms with Gasteiger partial charge < -0.3 is 14.8 Å². The molecule has 0 saturated carbocycles. The number of ketones is 1. The zero-order valence-electron chi connectivity index (χ0n) is 17.0. The smallest absolute Gasteiger partial charge is 0.258 e. The van der Waals surface area contributed by atoms with Crippen LogP contribution in [0.1, 0.15) is 35.3 Å². The van der Waals surface area contributed by atoms with Crippen LogP contribution in [0.25, 0.3) is 0 Å². The minimum absolute atomic E-state index is 0.0358. The number of amides is 1. The van der Waals surface area contributed by atoms with Crippen molar-refractivity contribution in [1.82, 2.24) is 10.2 Å². The fraction of sp³-hybridized carbons (Fsp3) is 0.391. The molecule has 1 N–H and O–H groups in total. The molecule has 6 nitrogen and oxygen atoms in total. The molecule has 1 fully saturated rings. The molecule has 1 amide bonds. The third-order valence-electron chi connectivity index (χ3n) is 4.82. The third kappa shape index (κ3) is 6.69. The Morgan fingerprint density at radius 1 is 1.17 bits per heavy atom. The van der Waals surface area contributed by atoms with E-state index in [4.69, 9.17) is 9.47 Å². The summed E-state index contributed by atoms with van der Waals surface area (Å²) in [4.78, 5) is 25.9. The lowest BCUT2D eigenvalue weighted by Crippen LogP contribution is -2.40. The minimum Gasteiger partial charge on any atom is -0.484 e. The molecule has 2 aromatic rings. The molecule has 2 aromatic carbocycles. The lowest BCUT2D eigenvalue weighted by molar-refractivity contribution is -0.123. The van der Waals surface area contributed by atoms with Gasteiger partial charge in [0.15, 0.2) is 12.4 Å². The van der Waals surface area contributed by atoms with E-state index < -0.39 is 0 Å². The topological polar surface area (TPSA) is 67.9 Å². The second-order valence-corrected chi connectivity index (χ2v) is 7.39. The van der Waals surface area contributed by atoms with Gasteiger partial charge in [0, 0.05) is 31.7 Å². The number of rotatable bonds is 8. The van der Waals surface area contributed by atoms with Crippen LogP contribution in [0.5, 0.6) is 5.75 Å². The van der Waals surface area contributed by atoms with E-state index in [9.17, 15) is 9.59 Å². The van der Waals surface area contributed by atoms with Gasteiger partial charge in [-0.25, -0.2) is 0 Å². The summed E-state index contributed by atoms with van der Waals surface area (Å²) in [6.45, 7) is 7.47. The fourth-order valence-electron chi connectivity index (χ4n) is 3.34. The van der Waals surface area contributed by atoms with Gasteiger partial charge in [-0.3, -0.25) is 14.5 Å². The van der Waals surface area contributed by atoms with Crippen molar-refractivity contribution in [3.63, 3.8) is 0 Å². The maximum absolute atomic E-state index is 12.1. The Labute approximate surface area is 171 Å². The molecule has 3 rings (SSSR count). The maximum atomic E-state index is 12.1. The normalized spacial score (nSPS) is 17.0. The molecule has 1 aliphatic rings. The van der Waals surface area contributed by atoms with Gasteiger partial charge in [-0.05, 0) is 37.1 Å². The van der Waals surface area contributed by atoms with Gasteiger partial charge in [0.1, 0.15) is 5.75 Å². The van der Waals surface area contributed by atoms with Gasteiger partial charge in [-0.15, -0.1) is 0 Å². The van der Waals surface area contributed by atoms with E-state index in [-0.39, 0.29) is 24.4 Å². The van der Waals surface area contributed by atoms with Crippen molar-refractivity contribution in [2.75, 3.05) is 26.3 Å². The number of morpholine rings is 1. The Bertz CT molecular complexity index is 852. The first-order valence-electron chi connectivity index (χ1n) is 9.92. The van der Waals surface area contributed by atoms with Gasteiger partial charge in [0.25, 0.3) is 5.91 Å². The van der Waals surface area contributed by atoms with Crippen LogP contribution >= 0.6 is 0 Å². The second kappa shape index (κ2) is 10.2.